The van der Waals surface area contributed by atoms with Gasteiger partial charge in [-0.2, -0.15) is 0 Å². The fourth-order valence-corrected chi connectivity index (χ4v) is 6.41. The molecular weight excluding hydrogens is 316 g/mol. The molecule has 0 aromatic heterocycles. The lowest BCUT2D eigenvalue weighted by molar-refractivity contribution is 0.943. The summed E-state index contributed by atoms with van der Waals surface area (Å²) in [5, 5.41) is 1.66. The van der Waals surface area contributed by atoms with E-state index in [-0.39, 0.29) is 0 Å². The van der Waals surface area contributed by atoms with Gasteiger partial charge < -0.3 is 0 Å². The number of allylic oxidation sites excluding steroid dienone is 1. The summed E-state index contributed by atoms with van der Waals surface area (Å²) in [6.07, 6.45) is 1.11. The average molecular weight is 338 g/mol. The standard InChI is InChI=1S/C24H21Si/c1-25(2)24-17-10-4-3-9-16(17)15-22(24)23-20-13-7-5-11-18(20)19-12-6-8-14-21(19)23/h3-14,23H,15H2,1-2H3. The number of fused-ring (bicyclic) bond motifs is 4. The van der Waals surface area contributed by atoms with Gasteiger partial charge >= 0.3 is 0 Å². The van der Waals surface area contributed by atoms with Crippen LogP contribution < -0.4 is 0 Å². The van der Waals surface area contributed by atoms with Crippen molar-refractivity contribution in [3.63, 3.8) is 0 Å². The fraction of sp³-hybridized carbons (Fsp3) is 0.167. The normalized spacial score (nSPS) is 15.5. The first-order chi connectivity index (χ1) is 12.3. The molecule has 0 saturated heterocycles. The summed E-state index contributed by atoms with van der Waals surface area (Å²) in [5.74, 6) is 0.426. The fourth-order valence-electron chi connectivity index (χ4n) is 4.75. The second kappa shape index (κ2) is 5.57. The summed E-state index contributed by atoms with van der Waals surface area (Å²) >= 11 is 0. The van der Waals surface area contributed by atoms with Crippen LogP contribution in [-0.2, 0) is 6.42 Å². The van der Waals surface area contributed by atoms with E-state index < -0.39 is 8.80 Å². The van der Waals surface area contributed by atoms with Gasteiger partial charge in [0.25, 0.3) is 0 Å². The first kappa shape index (κ1) is 14.9. The molecule has 0 unspecified atom stereocenters. The Bertz CT molecular complexity index is 964. The lowest BCUT2D eigenvalue weighted by Gasteiger charge is -2.19. The molecule has 0 atom stereocenters. The third-order valence-corrected chi connectivity index (χ3v) is 7.26. The molecule has 3 aromatic carbocycles. The zero-order valence-electron chi connectivity index (χ0n) is 14.7. The molecule has 0 heterocycles. The summed E-state index contributed by atoms with van der Waals surface area (Å²) in [7, 11) is -0.533. The van der Waals surface area contributed by atoms with Crippen molar-refractivity contribution in [2.45, 2.75) is 25.4 Å². The van der Waals surface area contributed by atoms with Gasteiger partial charge in [-0.25, -0.2) is 0 Å². The molecule has 0 bridgehead atoms. The molecule has 0 spiro atoms. The van der Waals surface area contributed by atoms with E-state index in [0.717, 1.165) is 6.42 Å². The van der Waals surface area contributed by atoms with Crippen molar-refractivity contribution in [1.29, 1.82) is 0 Å². The molecule has 0 fully saturated rings. The Morgan fingerprint density at radius 2 is 1.20 bits per heavy atom. The van der Waals surface area contributed by atoms with Gasteiger partial charge in [-0.05, 0) is 39.8 Å². The van der Waals surface area contributed by atoms with E-state index in [1.165, 1.54) is 33.4 Å². The SMILES string of the molecule is C[Si](C)C1=C(C2c3ccccc3-c3ccccc32)Cc2ccccc21. The Balaban J connectivity index is 1.78. The van der Waals surface area contributed by atoms with Gasteiger partial charge in [0.15, 0.2) is 0 Å². The number of hydrogen-bond donors (Lipinski definition) is 0. The first-order valence-corrected chi connectivity index (χ1v) is 11.6. The maximum Gasteiger partial charge on any atom is 0.0799 e. The zero-order chi connectivity index (χ0) is 17.0. The molecule has 1 radical (unpaired) electrons. The van der Waals surface area contributed by atoms with Crippen molar-refractivity contribution in [1.82, 2.24) is 0 Å². The molecule has 2 aliphatic carbocycles. The highest BCUT2D eigenvalue weighted by Crippen LogP contribution is 2.52. The van der Waals surface area contributed by atoms with Gasteiger partial charge in [0.2, 0.25) is 0 Å². The highest BCUT2D eigenvalue weighted by Gasteiger charge is 2.35. The minimum absolute atomic E-state index is 0.426. The van der Waals surface area contributed by atoms with E-state index in [4.69, 9.17) is 0 Å². The Labute approximate surface area is 151 Å². The Kier molecular flexibility index (Phi) is 3.32. The van der Waals surface area contributed by atoms with E-state index in [1.54, 1.807) is 10.8 Å². The summed E-state index contributed by atoms with van der Waals surface area (Å²) in [5.41, 5.74) is 10.5. The maximum atomic E-state index is 2.44. The van der Waals surface area contributed by atoms with Gasteiger partial charge in [0, 0.05) is 5.92 Å². The molecule has 0 nitrogen and oxygen atoms in total. The molecule has 0 N–H and O–H groups in total. The molecule has 0 saturated carbocycles. The van der Waals surface area contributed by atoms with Gasteiger partial charge in [-0.1, -0.05) is 96.7 Å². The van der Waals surface area contributed by atoms with Crippen molar-refractivity contribution in [3.05, 3.63) is 101 Å². The van der Waals surface area contributed by atoms with E-state index >= 15 is 0 Å². The van der Waals surface area contributed by atoms with Crippen molar-refractivity contribution < 1.29 is 0 Å². The molecule has 0 aliphatic heterocycles. The monoisotopic (exact) mass is 337 g/mol. The molecule has 0 amide bonds. The van der Waals surface area contributed by atoms with Crippen LogP contribution in [0.15, 0.2) is 78.4 Å². The summed E-state index contributed by atoms with van der Waals surface area (Å²) in [4.78, 5) is 0. The predicted octanol–water partition coefficient (Wildman–Crippen LogP) is 6.10. The summed E-state index contributed by atoms with van der Waals surface area (Å²) in [6.45, 7) is 4.88. The number of hydrogen-bond acceptors (Lipinski definition) is 0. The second-order valence-corrected chi connectivity index (χ2v) is 9.84. The lowest BCUT2D eigenvalue weighted by Crippen LogP contribution is -2.10. The predicted molar refractivity (Wildman–Crippen MR) is 108 cm³/mol. The molecular formula is C24H21Si. The van der Waals surface area contributed by atoms with E-state index in [1.807, 2.05) is 0 Å². The Hall–Kier alpha value is -2.38. The Morgan fingerprint density at radius 3 is 1.80 bits per heavy atom. The van der Waals surface area contributed by atoms with Crippen LogP contribution in [0.5, 0.6) is 0 Å². The van der Waals surface area contributed by atoms with Crippen LogP contribution in [0.3, 0.4) is 0 Å². The zero-order valence-corrected chi connectivity index (χ0v) is 15.7. The van der Waals surface area contributed by atoms with Crippen LogP contribution in [0, 0.1) is 0 Å². The average Bonchev–Trinajstić information content (AvgIpc) is 3.17. The van der Waals surface area contributed by atoms with Gasteiger partial charge in [-0.3, -0.25) is 0 Å². The Morgan fingerprint density at radius 1 is 0.680 bits per heavy atom. The maximum absolute atomic E-state index is 2.44. The topological polar surface area (TPSA) is 0 Å². The quantitative estimate of drug-likeness (QED) is 0.495. The summed E-state index contributed by atoms with van der Waals surface area (Å²) < 4.78 is 0. The van der Waals surface area contributed by atoms with Crippen LogP contribution in [0.25, 0.3) is 16.3 Å². The second-order valence-electron chi connectivity index (χ2n) is 7.34. The van der Waals surface area contributed by atoms with Crippen LogP contribution in [0.1, 0.15) is 28.2 Å². The molecule has 3 aromatic rings. The number of rotatable bonds is 2. The molecule has 1 heteroatoms. The minimum Gasteiger partial charge on any atom is -0.0671 e. The molecule has 2 aliphatic rings. The van der Waals surface area contributed by atoms with Crippen LogP contribution in [0.2, 0.25) is 13.1 Å². The number of benzene rings is 3. The highest BCUT2D eigenvalue weighted by atomic mass is 28.3. The molecule has 25 heavy (non-hydrogen) atoms. The summed E-state index contributed by atoms with van der Waals surface area (Å²) in [6, 6.07) is 27.0. The van der Waals surface area contributed by atoms with Crippen molar-refractivity contribution in [2.75, 3.05) is 0 Å². The van der Waals surface area contributed by atoms with Crippen LogP contribution >= 0.6 is 0 Å². The van der Waals surface area contributed by atoms with Gasteiger partial charge in [0.1, 0.15) is 0 Å². The smallest absolute Gasteiger partial charge is 0.0671 e. The minimum atomic E-state index is -0.533. The third kappa shape index (κ3) is 2.12. The van der Waals surface area contributed by atoms with Crippen LogP contribution in [0.4, 0.5) is 0 Å². The van der Waals surface area contributed by atoms with Crippen molar-refractivity contribution in [3.8, 4) is 11.1 Å². The molecule has 121 valence electrons. The van der Waals surface area contributed by atoms with Gasteiger partial charge in [0.05, 0.1) is 8.80 Å². The van der Waals surface area contributed by atoms with Gasteiger partial charge in [-0.15, -0.1) is 0 Å². The van der Waals surface area contributed by atoms with Crippen molar-refractivity contribution >= 4 is 14.0 Å². The van der Waals surface area contributed by atoms with Crippen molar-refractivity contribution in [2.24, 2.45) is 0 Å². The van der Waals surface area contributed by atoms with E-state index in [0.29, 0.717) is 5.92 Å². The third-order valence-electron chi connectivity index (χ3n) is 5.67. The molecule has 5 rings (SSSR count). The lowest BCUT2D eigenvalue weighted by atomic mass is 9.88. The highest BCUT2D eigenvalue weighted by molar-refractivity contribution is 6.77. The first-order valence-electron chi connectivity index (χ1n) is 9.06. The van der Waals surface area contributed by atoms with E-state index in [9.17, 15) is 0 Å². The van der Waals surface area contributed by atoms with Crippen LogP contribution in [-0.4, -0.2) is 8.80 Å². The largest absolute Gasteiger partial charge is 0.0799 e. The van der Waals surface area contributed by atoms with E-state index in [2.05, 4.69) is 85.9 Å².